The number of pyridine rings is 3. The molecule has 4 heterocycles. The number of furan rings is 1. The Hall–Kier alpha value is -7.16. The number of fused-ring (bicyclic) bond motifs is 3. The fourth-order valence-electron chi connectivity index (χ4n) is 7.92. The quantitative estimate of drug-likeness (QED) is 0.116. The third kappa shape index (κ3) is 8.68. The fraction of sp³-hybridized carbons (Fsp3) is 0.207. The van der Waals surface area contributed by atoms with Crippen LogP contribution in [0.25, 0.3) is 55.7 Å². The van der Waals surface area contributed by atoms with Gasteiger partial charge in [-0.25, -0.2) is 0 Å². The highest BCUT2D eigenvalue weighted by Gasteiger charge is 2.23. The molecule has 4 aromatic heterocycles. The number of benzene rings is 5. The third-order valence-electron chi connectivity index (χ3n) is 11.1. The predicted octanol–water partition coefficient (Wildman–Crippen LogP) is 14.0. The van der Waals surface area contributed by atoms with Crippen LogP contribution in [0, 0.1) is 18.2 Å². The van der Waals surface area contributed by atoms with Crippen molar-refractivity contribution in [3.8, 4) is 39.8 Å². The lowest BCUT2D eigenvalue weighted by molar-refractivity contribution is 0.666. The van der Waals surface area contributed by atoms with Gasteiger partial charge < -0.3 is 4.42 Å². The van der Waals surface area contributed by atoms with Crippen molar-refractivity contribution in [3.63, 3.8) is 0 Å². The SMILES string of the molecule is [2H]c1cc2c(oc3c(-c4cc(C5([2H])CCCC5)c(C([2H])([2H])C([2H])([2H])c5cc(C([2H])([2H])C([2H])([2H])c6ccc(-c7ccccc7)nc6)cc(C([2H])([2H])C([2H])([2H])c6ccc(-c7ccccc7)nc6)c5)cn4)cccc32)c(C([2H])([2H])[2H])c1C#N. The van der Waals surface area contributed by atoms with Gasteiger partial charge in [0, 0.05) is 73.5 Å². The first-order chi connectivity index (χ1) is 37.6. The second kappa shape index (κ2) is 18.1. The maximum atomic E-state index is 9.92. The van der Waals surface area contributed by atoms with E-state index in [2.05, 4.69) is 15.0 Å². The Kier molecular flexibility index (Phi) is 7.18. The Morgan fingerprint density at radius 2 is 1.19 bits per heavy atom. The van der Waals surface area contributed by atoms with E-state index >= 15 is 0 Å². The first-order valence-corrected chi connectivity index (χ1v) is 20.7. The van der Waals surface area contributed by atoms with Gasteiger partial charge in [-0.1, -0.05) is 116 Å². The highest BCUT2D eigenvalue weighted by molar-refractivity contribution is 6.10. The number of aryl methyl sites for hydroxylation is 7. The minimum absolute atomic E-state index is 0.0398. The number of nitrogens with zero attached hydrogens (tertiary/aromatic N) is 4. The molecule has 0 bridgehead atoms. The molecule has 0 saturated heterocycles. The Balaban J connectivity index is 1.13. The van der Waals surface area contributed by atoms with Crippen molar-refractivity contribution in [1.82, 2.24) is 15.0 Å². The molecule has 308 valence electrons. The van der Waals surface area contributed by atoms with Gasteiger partial charge in [0.2, 0.25) is 0 Å². The zero-order valence-corrected chi connectivity index (χ0v) is 34.0. The van der Waals surface area contributed by atoms with Crippen molar-refractivity contribution >= 4 is 21.9 Å². The van der Waals surface area contributed by atoms with Crippen LogP contribution in [0.5, 0.6) is 0 Å². The Labute approximate surface area is 394 Å². The van der Waals surface area contributed by atoms with E-state index in [1.165, 1.54) is 48.8 Å². The lowest BCUT2D eigenvalue weighted by Gasteiger charge is -2.17. The number of para-hydroxylation sites is 1. The molecule has 5 aromatic carbocycles. The molecule has 1 aliphatic rings. The van der Waals surface area contributed by atoms with Gasteiger partial charge in [-0.15, -0.1) is 0 Å². The molecule has 1 aliphatic carbocycles. The third-order valence-corrected chi connectivity index (χ3v) is 11.1. The molecule has 10 rings (SSSR count). The average Bonchev–Trinajstić information content (AvgIpc) is 4.21. The van der Waals surface area contributed by atoms with Crippen molar-refractivity contribution in [2.75, 3.05) is 0 Å². The summed E-state index contributed by atoms with van der Waals surface area (Å²) in [6, 6.07) is 35.8. The number of nitriles is 1. The van der Waals surface area contributed by atoms with Gasteiger partial charge >= 0.3 is 0 Å². The summed E-state index contributed by atoms with van der Waals surface area (Å²) in [7, 11) is 0. The van der Waals surface area contributed by atoms with Crippen LogP contribution in [-0.2, 0) is 38.2 Å². The zero-order valence-electron chi connectivity index (χ0n) is 51.0. The van der Waals surface area contributed by atoms with Gasteiger partial charge in [0.05, 0.1) is 30.1 Å². The molecule has 0 aliphatic heterocycles. The van der Waals surface area contributed by atoms with Gasteiger partial charge in [-0.3, -0.25) is 15.0 Å². The maximum absolute atomic E-state index is 9.92. The van der Waals surface area contributed by atoms with Crippen molar-refractivity contribution in [1.29, 1.82) is 5.26 Å². The standard InChI is InChI=1S/C58H50N4O/c1-39-48(35-59)27-28-51-50-17-10-18-52(58(50)63-57(39)51)56-34-53(45-11-8-9-12-45)49(38-62-56)26-23-44-32-42(21-19-40-24-29-54(60-36-40)46-13-4-2-5-14-46)31-43(33-44)22-20-41-25-30-55(61-37-41)47-15-6-3-7-16-47/h2-7,10,13-18,24-25,27-34,36-38,45H,8-9,11-12,19-23,26H2,1H3/i1D3,19D2,20D2,21D2,22D2,23D2,26D2,27D,45D. The van der Waals surface area contributed by atoms with Gasteiger partial charge in [0.25, 0.3) is 0 Å². The minimum atomic E-state index is -3.30. The van der Waals surface area contributed by atoms with E-state index < -0.39 is 73.2 Å². The molecule has 63 heavy (non-hydrogen) atoms. The lowest BCUT2D eigenvalue weighted by Crippen LogP contribution is -2.05. The molecule has 0 radical (unpaired) electrons. The molecule has 0 atom stereocenters. The zero-order chi connectivity index (χ0) is 57.6. The fourth-order valence-corrected chi connectivity index (χ4v) is 7.92. The first kappa shape index (κ1) is 25.1. The second-order valence-corrected chi connectivity index (χ2v) is 15.2. The van der Waals surface area contributed by atoms with Crippen molar-refractivity contribution in [2.24, 2.45) is 0 Å². The van der Waals surface area contributed by atoms with Gasteiger partial charge in [-0.05, 0) is 139 Å². The highest BCUT2D eigenvalue weighted by atomic mass is 16.3. The summed E-state index contributed by atoms with van der Waals surface area (Å²) >= 11 is 0. The number of rotatable bonds is 13. The number of hydrogen-bond donors (Lipinski definition) is 0. The van der Waals surface area contributed by atoms with Crippen LogP contribution >= 0.6 is 0 Å². The van der Waals surface area contributed by atoms with Crippen LogP contribution in [0.3, 0.4) is 0 Å². The van der Waals surface area contributed by atoms with E-state index in [4.69, 9.17) is 9.90 Å². The van der Waals surface area contributed by atoms with Gasteiger partial charge in [0.15, 0.2) is 0 Å². The second-order valence-electron chi connectivity index (χ2n) is 15.2. The van der Waals surface area contributed by atoms with E-state index in [-0.39, 0.29) is 74.5 Å². The van der Waals surface area contributed by atoms with Crippen molar-refractivity contribution in [2.45, 2.75) is 76.7 Å². The van der Waals surface area contributed by atoms with Crippen LogP contribution in [0.2, 0.25) is 0 Å². The Morgan fingerprint density at radius 3 is 1.76 bits per heavy atom. The molecule has 0 N–H and O–H groups in total. The predicted molar refractivity (Wildman–Crippen MR) is 256 cm³/mol. The van der Waals surface area contributed by atoms with E-state index in [1.807, 2.05) is 18.2 Å². The molecule has 0 unspecified atom stereocenters. The summed E-state index contributed by atoms with van der Waals surface area (Å²) in [6.07, 6.45) is -13.8. The van der Waals surface area contributed by atoms with Crippen LogP contribution in [0.15, 0.2) is 163 Å². The first-order valence-electron chi connectivity index (χ1n) is 29.2. The Morgan fingerprint density at radius 1 is 0.619 bits per heavy atom. The normalized spacial score (nSPS) is 18.9. The van der Waals surface area contributed by atoms with Gasteiger partial charge in [-0.2, -0.15) is 5.26 Å². The summed E-state index contributed by atoms with van der Waals surface area (Å²) in [5, 5.41) is 10.5. The highest BCUT2D eigenvalue weighted by Crippen LogP contribution is 2.41. The van der Waals surface area contributed by atoms with Crippen molar-refractivity contribution in [3.05, 3.63) is 208 Å². The molecule has 5 heteroatoms. The Bertz CT molecular complexity index is 3740. The molecule has 5 nitrogen and oxygen atoms in total. The van der Waals surface area contributed by atoms with Gasteiger partial charge in [0.1, 0.15) is 11.2 Å². The van der Waals surface area contributed by atoms with Crippen LogP contribution < -0.4 is 0 Å². The molecular weight excluding hydrogens is 769 g/mol. The minimum Gasteiger partial charge on any atom is -0.455 e. The van der Waals surface area contributed by atoms with Crippen LogP contribution in [0.4, 0.5) is 0 Å². The van der Waals surface area contributed by atoms with E-state index in [9.17, 15) is 23.1 Å². The topological polar surface area (TPSA) is 75.6 Å². The summed E-state index contributed by atoms with van der Waals surface area (Å²) in [5.74, 6) is -1.52. The molecule has 1 saturated carbocycles. The maximum Gasteiger partial charge on any atom is 0.144 e. The summed E-state index contributed by atoms with van der Waals surface area (Å²) < 4.78 is 164. The van der Waals surface area contributed by atoms with Crippen LogP contribution in [0.1, 0.15) is 105 Å². The monoisotopic (exact) mass is 836 g/mol. The molecule has 0 spiro atoms. The molecular formula is C58H50N4O. The van der Waals surface area contributed by atoms with Crippen LogP contribution in [-0.4, -0.2) is 15.0 Å². The number of aromatic nitrogens is 3. The summed E-state index contributed by atoms with van der Waals surface area (Å²) in [6.45, 7) is -2.85. The summed E-state index contributed by atoms with van der Waals surface area (Å²) in [4.78, 5) is 13.5. The molecule has 0 amide bonds. The summed E-state index contributed by atoms with van der Waals surface area (Å²) in [5.41, 5.74) is -0.803. The lowest BCUT2D eigenvalue weighted by atomic mass is 9.89. The number of hydrogen-bond acceptors (Lipinski definition) is 5. The van der Waals surface area contributed by atoms with E-state index in [0.717, 1.165) is 24.4 Å². The molecule has 1 fully saturated rings. The van der Waals surface area contributed by atoms with E-state index in [1.54, 1.807) is 66.7 Å². The molecule has 9 aromatic rings. The largest absolute Gasteiger partial charge is 0.455 e. The van der Waals surface area contributed by atoms with E-state index in [0.29, 0.717) is 40.7 Å². The van der Waals surface area contributed by atoms with Crippen molar-refractivity contribution < 1.29 is 27.7 Å². The average molecular weight is 836 g/mol. The smallest absolute Gasteiger partial charge is 0.144 e.